The van der Waals surface area contributed by atoms with Crippen LogP contribution in [0.15, 0.2) is 59.8 Å². The zero-order valence-electron chi connectivity index (χ0n) is 12.4. The zero-order valence-corrected chi connectivity index (χ0v) is 12.4. The molecule has 0 aliphatic carbocycles. The average Bonchev–Trinajstić information content (AvgIpc) is 2.62. The zero-order chi connectivity index (χ0) is 16.7. The number of rotatable bonds is 4. The van der Waals surface area contributed by atoms with Gasteiger partial charge in [0.05, 0.1) is 7.11 Å². The molecular weight excluding hydrogens is 288 g/mol. The number of ether oxygens (including phenoxy) is 1. The lowest BCUT2D eigenvalue weighted by molar-refractivity contribution is 0.415. The molecule has 0 aromatic heterocycles. The predicted molar refractivity (Wildman–Crippen MR) is 85.9 cm³/mol. The fourth-order valence-electron chi connectivity index (χ4n) is 1.98. The Morgan fingerprint density at radius 3 is 2.17 bits per heavy atom. The Hall–Kier alpha value is -3.75. The number of nitriles is 3. The molecule has 0 unspecified atom stereocenters. The molecule has 0 saturated heterocycles. The van der Waals surface area contributed by atoms with E-state index in [1.165, 1.54) is 0 Å². The van der Waals surface area contributed by atoms with Gasteiger partial charge in [-0.25, -0.2) is 0 Å². The van der Waals surface area contributed by atoms with E-state index in [0.29, 0.717) is 5.69 Å². The number of anilines is 1. The summed E-state index contributed by atoms with van der Waals surface area (Å²) in [5.74, 6) is 0.770. The maximum Gasteiger partial charge on any atom is 0.163 e. The van der Waals surface area contributed by atoms with E-state index in [2.05, 4.69) is 5.32 Å². The molecule has 5 nitrogen and oxygen atoms in total. The van der Waals surface area contributed by atoms with Crippen molar-refractivity contribution in [3.8, 4) is 35.1 Å². The summed E-state index contributed by atoms with van der Waals surface area (Å²) < 4.78 is 5.20. The summed E-state index contributed by atoms with van der Waals surface area (Å²) >= 11 is 0. The van der Waals surface area contributed by atoms with Gasteiger partial charge in [0.2, 0.25) is 0 Å². The first-order valence-electron chi connectivity index (χ1n) is 6.68. The van der Waals surface area contributed by atoms with Crippen LogP contribution in [0.2, 0.25) is 0 Å². The maximum absolute atomic E-state index is 9.02. The summed E-state index contributed by atoms with van der Waals surface area (Å²) in [4.78, 5) is 0. The van der Waals surface area contributed by atoms with E-state index >= 15 is 0 Å². The number of hydrogen-bond acceptors (Lipinski definition) is 5. The lowest BCUT2D eigenvalue weighted by Crippen LogP contribution is -2.00. The maximum atomic E-state index is 9.02. The first-order valence-corrected chi connectivity index (χ1v) is 6.68. The topological polar surface area (TPSA) is 92.6 Å². The third-order valence-corrected chi connectivity index (χ3v) is 3.14. The van der Waals surface area contributed by atoms with Crippen LogP contribution in [-0.2, 0) is 0 Å². The Morgan fingerprint density at radius 1 is 0.913 bits per heavy atom. The monoisotopic (exact) mass is 300 g/mol. The lowest BCUT2D eigenvalue weighted by Gasteiger charge is -2.07. The fourth-order valence-corrected chi connectivity index (χ4v) is 1.98. The first kappa shape index (κ1) is 15.6. The van der Waals surface area contributed by atoms with Crippen molar-refractivity contribution in [3.63, 3.8) is 0 Å². The largest absolute Gasteiger partial charge is 0.497 e. The lowest BCUT2D eigenvalue weighted by atomic mass is 10.1. The highest BCUT2D eigenvalue weighted by Gasteiger charge is 2.06. The smallest absolute Gasteiger partial charge is 0.163 e. The molecule has 0 spiro atoms. The third-order valence-electron chi connectivity index (χ3n) is 3.14. The van der Waals surface area contributed by atoms with Crippen molar-refractivity contribution in [2.75, 3.05) is 12.4 Å². The van der Waals surface area contributed by atoms with E-state index in [0.717, 1.165) is 16.9 Å². The third kappa shape index (κ3) is 3.67. The molecule has 0 aliphatic rings. The van der Waals surface area contributed by atoms with Crippen LogP contribution in [0.1, 0.15) is 0 Å². The van der Waals surface area contributed by atoms with E-state index in [1.807, 2.05) is 42.5 Å². The second kappa shape index (κ2) is 7.31. The second-order valence-electron chi connectivity index (χ2n) is 4.52. The van der Waals surface area contributed by atoms with Crippen LogP contribution in [0.3, 0.4) is 0 Å². The van der Waals surface area contributed by atoms with Crippen molar-refractivity contribution >= 4 is 5.69 Å². The number of methoxy groups -OCH3 is 1. The normalized spacial score (nSPS) is 8.96. The number of hydrogen-bond donors (Lipinski definition) is 1. The van der Waals surface area contributed by atoms with Crippen molar-refractivity contribution in [1.29, 1.82) is 15.8 Å². The number of allylic oxidation sites excluding steroid dienone is 2. The number of nitrogens with one attached hydrogen (secondary N) is 1. The van der Waals surface area contributed by atoms with Crippen molar-refractivity contribution < 1.29 is 4.74 Å². The highest BCUT2D eigenvalue weighted by atomic mass is 16.5. The van der Waals surface area contributed by atoms with Crippen LogP contribution in [0.4, 0.5) is 5.69 Å². The van der Waals surface area contributed by atoms with Crippen LogP contribution in [0.25, 0.3) is 11.1 Å². The molecule has 0 bridgehead atoms. The molecule has 5 heteroatoms. The molecule has 23 heavy (non-hydrogen) atoms. The Morgan fingerprint density at radius 2 is 1.61 bits per heavy atom. The van der Waals surface area contributed by atoms with Gasteiger partial charge in [-0.3, -0.25) is 0 Å². The Kier molecular flexibility index (Phi) is 4.97. The summed E-state index contributed by atoms with van der Waals surface area (Å²) in [5, 5.41) is 29.4. The highest BCUT2D eigenvalue weighted by molar-refractivity contribution is 5.68. The first-order chi connectivity index (χ1) is 11.2. The molecule has 2 aromatic rings. The van der Waals surface area contributed by atoms with Crippen LogP contribution in [0.5, 0.6) is 5.75 Å². The summed E-state index contributed by atoms with van der Waals surface area (Å²) in [7, 11) is 1.61. The molecule has 0 atom stereocenters. The van der Waals surface area contributed by atoms with Gasteiger partial charge < -0.3 is 10.1 Å². The van der Waals surface area contributed by atoms with Gasteiger partial charge in [0.1, 0.15) is 29.7 Å². The van der Waals surface area contributed by atoms with E-state index < -0.39 is 0 Å². The summed E-state index contributed by atoms with van der Waals surface area (Å²) in [5.41, 5.74) is 2.30. The highest BCUT2D eigenvalue weighted by Crippen LogP contribution is 2.25. The summed E-state index contributed by atoms with van der Waals surface area (Å²) in [6.07, 6.45) is 0. The van der Waals surface area contributed by atoms with E-state index in [4.69, 9.17) is 20.5 Å². The minimum Gasteiger partial charge on any atom is -0.497 e. The van der Waals surface area contributed by atoms with Crippen LogP contribution >= 0.6 is 0 Å². The van der Waals surface area contributed by atoms with Crippen LogP contribution in [0, 0.1) is 34.0 Å². The van der Waals surface area contributed by atoms with Crippen molar-refractivity contribution in [2.24, 2.45) is 0 Å². The Balaban J connectivity index is 2.27. The van der Waals surface area contributed by atoms with Gasteiger partial charge in [0, 0.05) is 5.69 Å². The molecule has 0 radical (unpaired) electrons. The molecule has 0 aliphatic heterocycles. The molecule has 0 saturated carbocycles. The molecule has 0 amide bonds. The molecule has 110 valence electrons. The fraction of sp³-hybridized carbons (Fsp3) is 0.0556. The van der Waals surface area contributed by atoms with Gasteiger partial charge in [-0.2, -0.15) is 15.8 Å². The van der Waals surface area contributed by atoms with Gasteiger partial charge in [0.15, 0.2) is 5.57 Å². The standard InChI is InChI=1S/C18H12N4O/c1-23-17-4-2-3-14(9-17)13-5-7-16(8-6-13)22-18(12-21)15(10-19)11-20/h2-9,22H,1H3. The molecule has 2 rings (SSSR count). The van der Waals surface area contributed by atoms with Gasteiger partial charge in [-0.15, -0.1) is 0 Å². The second-order valence-corrected chi connectivity index (χ2v) is 4.52. The minimum atomic E-state index is -0.246. The predicted octanol–water partition coefficient (Wildman–Crippen LogP) is 3.60. The van der Waals surface area contributed by atoms with E-state index in [-0.39, 0.29) is 11.3 Å². The Bertz CT molecular complexity index is 846. The SMILES string of the molecule is COc1cccc(-c2ccc(NC(C#N)=C(C#N)C#N)cc2)c1. The molecule has 0 fully saturated rings. The Labute approximate surface area is 134 Å². The quantitative estimate of drug-likeness (QED) is 0.871. The van der Waals surface area contributed by atoms with Crippen molar-refractivity contribution in [2.45, 2.75) is 0 Å². The number of nitrogens with zero attached hydrogens (tertiary/aromatic N) is 3. The van der Waals surface area contributed by atoms with Gasteiger partial charge in [-0.1, -0.05) is 24.3 Å². The molecule has 2 aromatic carbocycles. The van der Waals surface area contributed by atoms with Crippen LogP contribution in [-0.4, -0.2) is 7.11 Å². The van der Waals surface area contributed by atoms with Crippen molar-refractivity contribution in [1.82, 2.24) is 0 Å². The minimum absolute atomic E-state index is 0.0656. The van der Waals surface area contributed by atoms with E-state index in [9.17, 15) is 0 Å². The van der Waals surface area contributed by atoms with Crippen LogP contribution < -0.4 is 10.1 Å². The van der Waals surface area contributed by atoms with E-state index in [1.54, 1.807) is 31.4 Å². The molecular formula is C18H12N4O. The summed E-state index contributed by atoms with van der Waals surface area (Å²) in [6.45, 7) is 0. The molecule has 1 N–H and O–H groups in total. The molecule has 0 heterocycles. The van der Waals surface area contributed by atoms with Gasteiger partial charge in [0.25, 0.3) is 0 Å². The van der Waals surface area contributed by atoms with Gasteiger partial charge >= 0.3 is 0 Å². The number of benzene rings is 2. The van der Waals surface area contributed by atoms with Crippen molar-refractivity contribution in [3.05, 3.63) is 59.8 Å². The van der Waals surface area contributed by atoms with Gasteiger partial charge in [-0.05, 0) is 35.4 Å². The summed E-state index contributed by atoms with van der Waals surface area (Å²) in [6, 6.07) is 20.2. The average molecular weight is 300 g/mol.